The summed E-state index contributed by atoms with van der Waals surface area (Å²) < 4.78 is 5.50. The molecule has 18 heavy (non-hydrogen) atoms. The normalized spacial score (nSPS) is 24.3. The van der Waals surface area contributed by atoms with E-state index in [9.17, 15) is 9.90 Å². The fourth-order valence-corrected chi connectivity index (χ4v) is 2.02. The SMILES string of the molecule is CCC(C)C(O)CNC(=O)NC(C)C1CCCO1. The Morgan fingerprint density at radius 1 is 1.50 bits per heavy atom. The van der Waals surface area contributed by atoms with Crippen molar-refractivity contribution in [1.29, 1.82) is 0 Å². The van der Waals surface area contributed by atoms with E-state index < -0.39 is 6.10 Å². The van der Waals surface area contributed by atoms with E-state index in [-0.39, 0.29) is 24.1 Å². The third-order valence-corrected chi connectivity index (χ3v) is 3.65. The van der Waals surface area contributed by atoms with E-state index in [1.54, 1.807) is 0 Å². The number of amides is 2. The molecule has 0 bridgehead atoms. The quantitative estimate of drug-likeness (QED) is 0.671. The van der Waals surface area contributed by atoms with Crippen LogP contribution in [0.2, 0.25) is 0 Å². The average Bonchev–Trinajstić information content (AvgIpc) is 2.88. The lowest BCUT2D eigenvalue weighted by atomic mass is 10.0. The number of hydrogen-bond donors (Lipinski definition) is 3. The highest BCUT2D eigenvalue weighted by Crippen LogP contribution is 2.15. The number of urea groups is 1. The molecular formula is C13H26N2O3. The zero-order valence-corrected chi connectivity index (χ0v) is 11.6. The van der Waals surface area contributed by atoms with E-state index in [2.05, 4.69) is 10.6 Å². The second-order valence-electron chi connectivity index (χ2n) is 5.15. The maximum absolute atomic E-state index is 11.6. The van der Waals surface area contributed by atoms with Gasteiger partial charge < -0.3 is 20.5 Å². The monoisotopic (exact) mass is 258 g/mol. The summed E-state index contributed by atoms with van der Waals surface area (Å²) in [5.41, 5.74) is 0. The van der Waals surface area contributed by atoms with Gasteiger partial charge in [0, 0.05) is 13.2 Å². The number of rotatable bonds is 6. The molecule has 1 aliphatic rings. The highest BCUT2D eigenvalue weighted by molar-refractivity contribution is 5.74. The van der Waals surface area contributed by atoms with Gasteiger partial charge in [-0.15, -0.1) is 0 Å². The standard InChI is InChI=1S/C13H26N2O3/c1-4-9(2)11(16)8-14-13(17)15-10(3)12-6-5-7-18-12/h9-12,16H,4-8H2,1-3H3,(H2,14,15,17). The lowest BCUT2D eigenvalue weighted by Crippen LogP contribution is -2.48. The molecule has 0 aromatic carbocycles. The summed E-state index contributed by atoms with van der Waals surface area (Å²) >= 11 is 0. The van der Waals surface area contributed by atoms with E-state index in [0.29, 0.717) is 6.54 Å². The van der Waals surface area contributed by atoms with Gasteiger partial charge >= 0.3 is 6.03 Å². The highest BCUT2D eigenvalue weighted by atomic mass is 16.5. The van der Waals surface area contributed by atoms with Gasteiger partial charge in [-0.3, -0.25) is 0 Å². The molecule has 0 spiro atoms. The van der Waals surface area contributed by atoms with Crippen molar-refractivity contribution in [1.82, 2.24) is 10.6 Å². The maximum Gasteiger partial charge on any atom is 0.315 e. The van der Waals surface area contributed by atoms with Crippen molar-refractivity contribution >= 4 is 6.03 Å². The van der Waals surface area contributed by atoms with Crippen molar-refractivity contribution in [3.05, 3.63) is 0 Å². The second kappa shape index (κ2) is 7.59. The molecule has 1 fully saturated rings. The predicted molar refractivity (Wildman–Crippen MR) is 70.4 cm³/mol. The molecule has 1 aliphatic heterocycles. The fraction of sp³-hybridized carbons (Fsp3) is 0.923. The largest absolute Gasteiger partial charge is 0.391 e. The molecule has 1 heterocycles. The highest BCUT2D eigenvalue weighted by Gasteiger charge is 2.23. The topological polar surface area (TPSA) is 70.6 Å². The molecular weight excluding hydrogens is 232 g/mol. The van der Waals surface area contributed by atoms with Gasteiger partial charge in [-0.2, -0.15) is 0 Å². The summed E-state index contributed by atoms with van der Waals surface area (Å²) in [6, 6.07) is -0.228. The van der Waals surface area contributed by atoms with Gasteiger partial charge in [0.15, 0.2) is 0 Å². The molecule has 2 amide bonds. The molecule has 1 rings (SSSR count). The second-order valence-corrected chi connectivity index (χ2v) is 5.15. The number of ether oxygens (including phenoxy) is 1. The van der Waals surface area contributed by atoms with Crippen molar-refractivity contribution in [2.75, 3.05) is 13.2 Å². The molecule has 5 heteroatoms. The van der Waals surface area contributed by atoms with Crippen LogP contribution in [-0.2, 0) is 4.74 Å². The van der Waals surface area contributed by atoms with Crippen LogP contribution in [0.3, 0.4) is 0 Å². The Morgan fingerprint density at radius 3 is 2.78 bits per heavy atom. The van der Waals surface area contributed by atoms with Crippen LogP contribution in [0.25, 0.3) is 0 Å². The van der Waals surface area contributed by atoms with Crippen LogP contribution in [0.15, 0.2) is 0 Å². The van der Waals surface area contributed by atoms with Gasteiger partial charge in [-0.25, -0.2) is 4.79 Å². The Labute approximate surface area is 109 Å². The summed E-state index contributed by atoms with van der Waals surface area (Å²) in [6.45, 7) is 7.01. The van der Waals surface area contributed by atoms with Crippen LogP contribution in [0.5, 0.6) is 0 Å². The molecule has 0 radical (unpaired) electrons. The molecule has 3 N–H and O–H groups in total. The van der Waals surface area contributed by atoms with E-state index in [1.807, 2.05) is 20.8 Å². The summed E-state index contributed by atoms with van der Waals surface area (Å²) in [5, 5.41) is 15.3. The number of aliphatic hydroxyl groups is 1. The van der Waals surface area contributed by atoms with Crippen LogP contribution in [0, 0.1) is 5.92 Å². The summed E-state index contributed by atoms with van der Waals surface area (Å²) in [6.07, 6.45) is 2.59. The van der Waals surface area contributed by atoms with Gasteiger partial charge in [0.25, 0.3) is 0 Å². The Morgan fingerprint density at radius 2 is 2.22 bits per heavy atom. The van der Waals surface area contributed by atoms with Crippen molar-refractivity contribution in [3.63, 3.8) is 0 Å². The molecule has 4 atom stereocenters. The number of nitrogens with one attached hydrogen (secondary N) is 2. The van der Waals surface area contributed by atoms with E-state index in [1.165, 1.54) is 0 Å². The van der Waals surface area contributed by atoms with Gasteiger partial charge in [-0.05, 0) is 25.7 Å². The Hall–Kier alpha value is -0.810. The van der Waals surface area contributed by atoms with Gasteiger partial charge in [0.1, 0.15) is 0 Å². The molecule has 0 aromatic rings. The average molecular weight is 258 g/mol. The van der Waals surface area contributed by atoms with Crippen molar-refractivity contribution in [2.24, 2.45) is 5.92 Å². The van der Waals surface area contributed by atoms with E-state index in [4.69, 9.17) is 4.74 Å². The Kier molecular flexibility index (Phi) is 6.43. The van der Waals surface area contributed by atoms with Crippen LogP contribution in [0.4, 0.5) is 4.79 Å². The van der Waals surface area contributed by atoms with E-state index >= 15 is 0 Å². The number of hydrogen-bond acceptors (Lipinski definition) is 3. The summed E-state index contributed by atoms with van der Waals surface area (Å²) in [5.74, 6) is 0.195. The first-order valence-electron chi connectivity index (χ1n) is 6.88. The molecule has 0 aliphatic carbocycles. The lowest BCUT2D eigenvalue weighted by Gasteiger charge is -2.22. The third kappa shape index (κ3) is 4.82. The van der Waals surface area contributed by atoms with Crippen molar-refractivity contribution < 1.29 is 14.6 Å². The van der Waals surface area contributed by atoms with E-state index in [0.717, 1.165) is 25.9 Å². The number of carbonyl (C=O) groups is 1. The minimum Gasteiger partial charge on any atom is -0.391 e. The van der Waals surface area contributed by atoms with Crippen LogP contribution < -0.4 is 10.6 Å². The fourth-order valence-electron chi connectivity index (χ4n) is 2.02. The predicted octanol–water partition coefficient (Wildman–Crippen LogP) is 1.26. The zero-order valence-electron chi connectivity index (χ0n) is 11.6. The Bertz CT molecular complexity index is 255. The van der Waals surface area contributed by atoms with Gasteiger partial charge in [0.05, 0.1) is 18.2 Å². The summed E-state index contributed by atoms with van der Waals surface area (Å²) in [4.78, 5) is 11.6. The van der Waals surface area contributed by atoms with Crippen molar-refractivity contribution in [3.8, 4) is 0 Å². The van der Waals surface area contributed by atoms with Gasteiger partial charge in [-0.1, -0.05) is 20.3 Å². The summed E-state index contributed by atoms with van der Waals surface area (Å²) in [7, 11) is 0. The lowest BCUT2D eigenvalue weighted by molar-refractivity contribution is 0.0848. The first-order chi connectivity index (χ1) is 8.54. The molecule has 5 nitrogen and oxygen atoms in total. The number of carbonyl (C=O) groups excluding carboxylic acids is 1. The van der Waals surface area contributed by atoms with Crippen LogP contribution >= 0.6 is 0 Å². The first kappa shape index (κ1) is 15.2. The molecule has 106 valence electrons. The zero-order chi connectivity index (χ0) is 13.5. The van der Waals surface area contributed by atoms with Crippen LogP contribution in [-0.4, -0.2) is 42.5 Å². The molecule has 0 saturated carbocycles. The smallest absolute Gasteiger partial charge is 0.315 e. The Balaban J connectivity index is 2.20. The minimum atomic E-state index is -0.487. The minimum absolute atomic E-state index is 0.00763. The molecule has 0 aromatic heterocycles. The third-order valence-electron chi connectivity index (χ3n) is 3.65. The first-order valence-corrected chi connectivity index (χ1v) is 6.88. The molecule has 4 unspecified atom stereocenters. The van der Waals surface area contributed by atoms with Crippen molar-refractivity contribution in [2.45, 2.75) is 58.3 Å². The number of aliphatic hydroxyl groups excluding tert-OH is 1. The van der Waals surface area contributed by atoms with Gasteiger partial charge in [0.2, 0.25) is 0 Å². The van der Waals surface area contributed by atoms with Crippen LogP contribution in [0.1, 0.15) is 40.0 Å². The molecule has 1 saturated heterocycles. The maximum atomic E-state index is 11.6.